The quantitative estimate of drug-likeness (QED) is 0.920. The van der Waals surface area contributed by atoms with Crippen molar-refractivity contribution in [2.45, 2.75) is 6.04 Å². The number of amides is 2. The number of thiophene rings is 1. The summed E-state index contributed by atoms with van der Waals surface area (Å²) >= 11 is 1.36. The highest BCUT2D eigenvalue weighted by atomic mass is 32.1. The third-order valence-corrected chi connectivity index (χ3v) is 4.79. The van der Waals surface area contributed by atoms with E-state index in [9.17, 15) is 9.59 Å². The molecule has 0 aliphatic carbocycles. The van der Waals surface area contributed by atoms with Gasteiger partial charge < -0.3 is 19.5 Å². The van der Waals surface area contributed by atoms with E-state index < -0.39 is 0 Å². The number of ether oxygens (including phenoxy) is 1. The number of hydrogen-bond donors (Lipinski definition) is 1. The van der Waals surface area contributed by atoms with Crippen molar-refractivity contribution in [1.82, 2.24) is 14.8 Å². The molecule has 3 rings (SSSR count). The average Bonchev–Trinajstić information content (AvgIpc) is 3.23. The van der Waals surface area contributed by atoms with Crippen LogP contribution < -0.4 is 5.32 Å². The number of hydrogen-bond acceptors (Lipinski definition) is 4. The highest BCUT2D eigenvalue weighted by molar-refractivity contribution is 7.12. The Kier molecular flexibility index (Phi) is 4.78. The van der Waals surface area contributed by atoms with Crippen LogP contribution in [0.15, 0.2) is 35.8 Å². The number of carbonyl (C=O) groups excluding carboxylic acids is 2. The summed E-state index contributed by atoms with van der Waals surface area (Å²) < 4.78 is 7.52. The molecule has 0 aromatic carbocycles. The Morgan fingerprint density at radius 2 is 2.26 bits per heavy atom. The smallest absolute Gasteiger partial charge is 0.261 e. The summed E-state index contributed by atoms with van der Waals surface area (Å²) in [7, 11) is 1.95. The van der Waals surface area contributed by atoms with Crippen LogP contribution in [-0.2, 0) is 16.6 Å². The van der Waals surface area contributed by atoms with Crippen molar-refractivity contribution in [3.63, 3.8) is 0 Å². The number of nitrogens with zero attached hydrogens (tertiary/aromatic N) is 2. The highest BCUT2D eigenvalue weighted by Gasteiger charge is 2.30. The summed E-state index contributed by atoms with van der Waals surface area (Å²) in [5.41, 5.74) is 1.03. The minimum atomic E-state index is -0.211. The van der Waals surface area contributed by atoms with Crippen molar-refractivity contribution < 1.29 is 14.3 Å². The van der Waals surface area contributed by atoms with Gasteiger partial charge in [0, 0.05) is 25.5 Å². The van der Waals surface area contributed by atoms with Gasteiger partial charge in [-0.2, -0.15) is 0 Å². The lowest BCUT2D eigenvalue weighted by molar-refractivity contribution is -0.139. The van der Waals surface area contributed by atoms with Gasteiger partial charge in [-0.15, -0.1) is 11.3 Å². The van der Waals surface area contributed by atoms with Crippen LogP contribution in [0.5, 0.6) is 0 Å². The summed E-state index contributed by atoms with van der Waals surface area (Å²) in [4.78, 5) is 26.9. The highest BCUT2D eigenvalue weighted by Crippen LogP contribution is 2.24. The van der Waals surface area contributed by atoms with E-state index in [0.717, 1.165) is 5.69 Å². The normalized spacial score (nSPS) is 18.0. The van der Waals surface area contributed by atoms with E-state index in [1.54, 1.807) is 11.0 Å². The predicted octanol–water partition coefficient (Wildman–Crippen LogP) is 1.42. The van der Waals surface area contributed by atoms with Gasteiger partial charge in [-0.05, 0) is 23.6 Å². The second kappa shape index (κ2) is 6.97. The molecule has 122 valence electrons. The maximum absolute atomic E-state index is 12.5. The molecule has 0 bridgehead atoms. The molecule has 1 N–H and O–H groups in total. The van der Waals surface area contributed by atoms with Gasteiger partial charge in [-0.3, -0.25) is 9.59 Å². The first-order valence-corrected chi connectivity index (χ1v) is 8.35. The number of rotatable bonds is 4. The minimum Gasteiger partial charge on any atom is -0.377 e. The summed E-state index contributed by atoms with van der Waals surface area (Å²) in [6, 6.07) is 7.38. The van der Waals surface area contributed by atoms with Crippen molar-refractivity contribution in [3.05, 3.63) is 46.4 Å². The van der Waals surface area contributed by atoms with Crippen LogP contribution in [0.25, 0.3) is 0 Å². The maximum Gasteiger partial charge on any atom is 0.261 e. The van der Waals surface area contributed by atoms with Gasteiger partial charge in [0.25, 0.3) is 5.91 Å². The fourth-order valence-electron chi connectivity index (χ4n) is 2.72. The van der Waals surface area contributed by atoms with Gasteiger partial charge >= 0.3 is 0 Å². The molecule has 3 heterocycles. The van der Waals surface area contributed by atoms with E-state index in [1.807, 2.05) is 41.4 Å². The number of aryl methyl sites for hydroxylation is 1. The lowest BCUT2D eigenvalue weighted by Gasteiger charge is -2.36. The summed E-state index contributed by atoms with van der Waals surface area (Å²) in [6.07, 6.45) is 1.95. The van der Waals surface area contributed by atoms with E-state index in [2.05, 4.69) is 5.32 Å². The fraction of sp³-hybridized carbons (Fsp3) is 0.375. The van der Waals surface area contributed by atoms with Crippen LogP contribution in [0, 0.1) is 0 Å². The fourth-order valence-corrected chi connectivity index (χ4v) is 3.36. The zero-order valence-electron chi connectivity index (χ0n) is 12.9. The molecule has 23 heavy (non-hydrogen) atoms. The minimum absolute atomic E-state index is 0.00233. The topological polar surface area (TPSA) is 63.6 Å². The van der Waals surface area contributed by atoms with E-state index in [-0.39, 0.29) is 24.4 Å². The molecule has 1 aliphatic rings. The molecule has 0 spiro atoms. The van der Waals surface area contributed by atoms with Crippen LogP contribution in [0.1, 0.15) is 21.4 Å². The molecular formula is C16H19N3O3S. The first-order valence-electron chi connectivity index (χ1n) is 7.47. The van der Waals surface area contributed by atoms with Crippen molar-refractivity contribution in [1.29, 1.82) is 0 Å². The van der Waals surface area contributed by atoms with Gasteiger partial charge in [-0.1, -0.05) is 6.07 Å². The zero-order valence-corrected chi connectivity index (χ0v) is 13.7. The molecule has 2 aromatic rings. The largest absolute Gasteiger partial charge is 0.377 e. The molecule has 7 heteroatoms. The average molecular weight is 333 g/mol. The second-order valence-electron chi connectivity index (χ2n) is 5.38. The molecule has 1 atom stereocenters. The SMILES string of the molecule is Cn1cccc1[C@@H]1COCCN1C(=O)CNC(=O)c1cccs1. The maximum atomic E-state index is 12.5. The summed E-state index contributed by atoms with van der Waals surface area (Å²) in [5.74, 6) is -0.304. The van der Waals surface area contributed by atoms with E-state index in [0.29, 0.717) is 24.6 Å². The van der Waals surface area contributed by atoms with Crippen LogP contribution in [-0.4, -0.2) is 47.6 Å². The van der Waals surface area contributed by atoms with Gasteiger partial charge in [0.15, 0.2) is 0 Å². The number of nitrogens with one attached hydrogen (secondary N) is 1. The van der Waals surface area contributed by atoms with Crippen molar-refractivity contribution >= 4 is 23.2 Å². The number of carbonyl (C=O) groups is 2. The Hall–Kier alpha value is -2.12. The van der Waals surface area contributed by atoms with E-state index in [1.165, 1.54) is 11.3 Å². The monoisotopic (exact) mass is 333 g/mol. The Morgan fingerprint density at radius 3 is 2.96 bits per heavy atom. The third kappa shape index (κ3) is 3.46. The van der Waals surface area contributed by atoms with Crippen LogP contribution in [0.4, 0.5) is 0 Å². The molecule has 1 fully saturated rings. The predicted molar refractivity (Wildman–Crippen MR) is 87.3 cm³/mol. The summed E-state index contributed by atoms with van der Waals surface area (Å²) in [6.45, 7) is 1.52. The molecule has 1 saturated heterocycles. The molecule has 0 saturated carbocycles. The lowest BCUT2D eigenvalue weighted by atomic mass is 10.1. The van der Waals surface area contributed by atoms with Crippen LogP contribution >= 0.6 is 11.3 Å². The standard InChI is InChI=1S/C16H19N3O3S/c1-18-6-2-4-12(18)13-11-22-8-7-19(13)15(20)10-17-16(21)14-5-3-9-23-14/h2-6,9,13H,7-8,10-11H2,1H3,(H,17,21)/t13-/m0/s1. The summed E-state index contributed by atoms with van der Waals surface area (Å²) in [5, 5.41) is 4.53. The van der Waals surface area contributed by atoms with Gasteiger partial charge in [-0.25, -0.2) is 0 Å². The molecule has 0 radical (unpaired) electrons. The second-order valence-corrected chi connectivity index (χ2v) is 6.33. The first-order chi connectivity index (χ1) is 11.2. The Bertz CT molecular complexity index is 681. The van der Waals surface area contributed by atoms with Crippen molar-refractivity contribution in [2.24, 2.45) is 7.05 Å². The number of aromatic nitrogens is 1. The number of morpholine rings is 1. The Balaban J connectivity index is 1.65. The van der Waals surface area contributed by atoms with Crippen molar-refractivity contribution in [3.8, 4) is 0 Å². The van der Waals surface area contributed by atoms with Crippen LogP contribution in [0.2, 0.25) is 0 Å². The molecule has 2 aromatic heterocycles. The zero-order chi connectivity index (χ0) is 16.2. The Labute approximate surface area is 138 Å². The molecular weight excluding hydrogens is 314 g/mol. The molecule has 6 nitrogen and oxygen atoms in total. The van der Waals surface area contributed by atoms with E-state index >= 15 is 0 Å². The molecule has 2 amide bonds. The lowest BCUT2D eigenvalue weighted by Crippen LogP contribution is -2.47. The molecule has 1 aliphatic heterocycles. The van der Waals surface area contributed by atoms with Gasteiger partial charge in [0.05, 0.1) is 30.7 Å². The third-order valence-electron chi connectivity index (χ3n) is 3.92. The van der Waals surface area contributed by atoms with Crippen molar-refractivity contribution in [2.75, 3.05) is 26.3 Å². The van der Waals surface area contributed by atoms with Gasteiger partial charge in [0.2, 0.25) is 5.91 Å². The van der Waals surface area contributed by atoms with Crippen LogP contribution in [0.3, 0.4) is 0 Å². The first kappa shape index (κ1) is 15.8. The Morgan fingerprint density at radius 1 is 1.39 bits per heavy atom. The molecule has 0 unspecified atom stereocenters. The van der Waals surface area contributed by atoms with E-state index in [4.69, 9.17) is 4.74 Å². The van der Waals surface area contributed by atoms with Gasteiger partial charge in [0.1, 0.15) is 0 Å².